The monoisotopic (exact) mass is 314 g/mol. The van der Waals surface area contributed by atoms with E-state index >= 15 is 0 Å². The van der Waals surface area contributed by atoms with Crippen LogP contribution >= 0.6 is 12.4 Å². The number of nitrogens with one attached hydrogen (secondary N) is 1. The van der Waals surface area contributed by atoms with Gasteiger partial charge in [0.25, 0.3) is 0 Å². The summed E-state index contributed by atoms with van der Waals surface area (Å²) >= 11 is 0. The van der Waals surface area contributed by atoms with E-state index in [2.05, 4.69) is 12.2 Å². The Morgan fingerprint density at radius 2 is 2.14 bits per heavy atom. The Bertz CT molecular complexity index is 436. The molecule has 1 rings (SSSR count). The van der Waals surface area contributed by atoms with Crippen molar-refractivity contribution < 1.29 is 9.53 Å². The minimum absolute atomic E-state index is 0. The maximum atomic E-state index is 11.8. The second-order valence-corrected chi connectivity index (χ2v) is 5.24. The van der Waals surface area contributed by atoms with Crippen molar-refractivity contribution in [3.8, 4) is 5.75 Å². The summed E-state index contributed by atoms with van der Waals surface area (Å²) in [6, 6.07) is 5.79. The Balaban J connectivity index is 0.00000400. The Morgan fingerprint density at radius 3 is 2.71 bits per heavy atom. The topological polar surface area (TPSA) is 64.3 Å². The highest BCUT2D eigenvalue weighted by molar-refractivity contribution is 5.91. The quantitative estimate of drug-likeness (QED) is 0.720. The highest BCUT2D eigenvalue weighted by atomic mass is 35.5. The molecule has 0 aromatic heterocycles. The SMILES string of the molecule is CCCCOc1ccc(NC(=O)CCC(C)N)c(C)c1.Cl. The average molecular weight is 315 g/mol. The molecule has 1 atom stereocenters. The zero-order chi connectivity index (χ0) is 15.0. The van der Waals surface area contributed by atoms with E-state index in [1.807, 2.05) is 32.0 Å². The molecule has 0 bridgehead atoms. The van der Waals surface area contributed by atoms with Gasteiger partial charge in [-0.05, 0) is 50.5 Å². The van der Waals surface area contributed by atoms with E-state index in [4.69, 9.17) is 10.5 Å². The first-order valence-corrected chi connectivity index (χ1v) is 7.31. The Hall–Kier alpha value is -1.26. The van der Waals surface area contributed by atoms with Gasteiger partial charge in [0.2, 0.25) is 5.91 Å². The number of nitrogens with two attached hydrogens (primary N) is 1. The van der Waals surface area contributed by atoms with Gasteiger partial charge in [0.15, 0.2) is 0 Å². The van der Waals surface area contributed by atoms with Crippen molar-refractivity contribution in [2.75, 3.05) is 11.9 Å². The van der Waals surface area contributed by atoms with Crippen molar-refractivity contribution in [1.82, 2.24) is 0 Å². The Kier molecular flexibility index (Phi) is 9.84. The van der Waals surface area contributed by atoms with E-state index in [-0.39, 0.29) is 24.4 Å². The fraction of sp³-hybridized carbons (Fsp3) is 0.562. The number of hydrogen-bond donors (Lipinski definition) is 2. The van der Waals surface area contributed by atoms with E-state index in [9.17, 15) is 4.79 Å². The molecule has 3 N–H and O–H groups in total. The average Bonchev–Trinajstić information content (AvgIpc) is 2.40. The number of carbonyl (C=O) groups excluding carboxylic acids is 1. The molecule has 1 unspecified atom stereocenters. The van der Waals surface area contributed by atoms with Crippen molar-refractivity contribution >= 4 is 24.0 Å². The zero-order valence-electron chi connectivity index (χ0n) is 13.1. The molecule has 0 aliphatic rings. The number of rotatable bonds is 8. The second kappa shape index (κ2) is 10.5. The summed E-state index contributed by atoms with van der Waals surface area (Å²) in [5, 5.41) is 2.91. The number of unbranched alkanes of at least 4 members (excludes halogenated alkanes) is 1. The fourth-order valence-electron chi connectivity index (χ4n) is 1.77. The molecule has 0 aliphatic carbocycles. The molecule has 120 valence electrons. The van der Waals surface area contributed by atoms with Gasteiger partial charge in [0.1, 0.15) is 5.75 Å². The number of amides is 1. The van der Waals surface area contributed by atoms with Crippen LogP contribution in [-0.2, 0) is 4.79 Å². The van der Waals surface area contributed by atoms with Crippen molar-refractivity contribution in [3.05, 3.63) is 23.8 Å². The normalized spacial score (nSPS) is 11.4. The minimum Gasteiger partial charge on any atom is -0.494 e. The summed E-state index contributed by atoms with van der Waals surface area (Å²) in [4.78, 5) is 11.8. The molecule has 0 fully saturated rings. The summed E-state index contributed by atoms with van der Waals surface area (Å²) in [5.74, 6) is 0.856. The minimum atomic E-state index is 0. The van der Waals surface area contributed by atoms with E-state index in [0.29, 0.717) is 12.8 Å². The molecule has 0 saturated heterocycles. The number of hydrogen-bond acceptors (Lipinski definition) is 3. The maximum absolute atomic E-state index is 11.8. The number of anilines is 1. The third-order valence-corrected chi connectivity index (χ3v) is 3.07. The first-order valence-electron chi connectivity index (χ1n) is 7.31. The third-order valence-electron chi connectivity index (χ3n) is 3.07. The predicted molar refractivity (Wildman–Crippen MR) is 90.3 cm³/mol. The first-order chi connectivity index (χ1) is 9.52. The van der Waals surface area contributed by atoms with Gasteiger partial charge >= 0.3 is 0 Å². The molecule has 1 amide bonds. The van der Waals surface area contributed by atoms with Gasteiger partial charge in [-0.3, -0.25) is 4.79 Å². The van der Waals surface area contributed by atoms with Gasteiger partial charge in [0.05, 0.1) is 6.61 Å². The largest absolute Gasteiger partial charge is 0.494 e. The van der Waals surface area contributed by atoms with Crippen LogP contribution in [0.25, 0.3) is 0 Å². The van der Waals surface area contributed by atoms with Crippen LogP contribution in [-0.4, -0.2) is 18.6 Å². The lowest BCUT2D eigenvalue weighted by molar-refractivity contribution is -0.116. The summed E-state index contributed by atoms with van der Waals surface area (Å²) in [6.45, 7) is 6.74. The lowest BCUT2D eigenvalue weighted by Crippen LogP contribution is -2.19. The molecule has 21 heavy (non-hydrogen) atoms. The second-order valence-electron chi connectivity index (χ2n) is 5.24. The Morgan fingerprint density at radius 1 is 1.43 bits per heavy atom. The van der Waals surface area contributed by atoms with E-state index in [0.717, 1.165) is 36.4 Å². The molecular formula is C16H27ClN2O2. The molecular weight excluding hydrogens is 288 g/mol. The third kappa shape index (κ3) is 7.93. The molecule has 5 heteroatoms. The number of benzene rings is 1. The highest BCUT2D eigenvalue weighted by Crippen LogP contribution is 2.21. The molecule has 4 nitrogen and oxygen atoms in total. The fourth-order valence-corrected chi connectivity index (χ4v) is 1.77. The number of ether oxygens (including phenoxy) is 1. The van der Waals surface area contributed by atoms with Crippen molar-refractivity contribution in [2.24, 2.45) is 5.73 Å². The van der Waals surface area contributed by atoms with Crippen LogP contribution in [0.15, 0.2) is 18.2 Å². The smallest absolute Gasteiger partial charge is 0.224 e. The molecule has 1 aromatic carbocycles. The van der Waals surface area contributed by atoms with Gasteiger partial charge in [-0.15, -0.1) is 12.4 Å². The summed E-state index contributed by atoms with van der Waals surface area (Å²) in [6.07, 6.45) is 3.32. The van der Waals surface area contributed by atoms with Crippen molar-refractivity contribution in [3.63, 3.8) is 0 Å². The van der Waals surface area contributed by atoms with Gasteiger partial charge in [-0.25, -0.2) is 0 Å². The highest BCUT2D eigenvalue weighted by Gasteiger charge is 2.07. The van der Waals surface area contributed by atoms with Gasteiger partial charge < -0.3 is 15.8 Å². The molecule has 0 saturated carbocycles. The molecule has 1 aromatic rings. The molecule has 0 spiro atoms. The number of aryl methyl sites for hydroxylation is 1. The predicted octanol–water partition coefficient (Wildman–Crippen LogP) is 3.66. The lowest BCUT2D eigenvalue weighted by atomic mass is 10.1. The lowest BCUT2D eigenvalue weighted by Gasteiger charge is -2.12. The number of halogens is 1. The van der Waals surface area contributed by atoms with Gasteiger partial charge in [0, 0.05) is 18.2 Å². The van der Waals surface area contributed by atoms with E-state index in [1.54, 1.807) is 0 Å². The van der Waals surface area contributed by atoms with E-state index in [1.165, 1.54) is 0 Å². The number of carbonyl (C=O) groups is 1. The summed E-state index contributed by atoms with van der Waals surface area (Å²) in [7, 11) is 0. The van der Waals surface area contributed by atoms with Crippen LogP contribution < -0.4 is 15.8 Å². The molecule has 0 heterocycles. The van der Waals surface area contributed by atoms with Crippen LogP contribution in [0.4, 0.5) is 5.69 Å². The summed E-state index contributed by atoms with van der Waals surface area (Å²) < 4.78 is 5.64. The molecule has 0 radical (unpaired) electrons. The van der Waals surface area contributed by atoms with Crippen molar-refractivity contribution in [2.45, 2.75) is 52.5 Å². The standard InChI is InChI=1S/C16H26N2O2.ClH/c1-4-5-10-20-14-7-8-15(12(2)11-14)18-16(19)9-6-13(3)17;/h7-8,11,13H,4-6,9-10,17H2,1-3H3,(H,18,19);1H. The van der Waals surface area contributed by atoms with Crippen molar-refractivity contribution in [1.29, 1.82) is 0 Å². The molecule has 0 aliphatic heterocycles. The Labute approximate surface area is 133 Å². The van der Waals surface area contributed by atoms with Crippen LogP contribution in [0, 0.1) is 6.92 Å². The van der Waals surface area contributed by atoms with Crippen LogP contribution in [0.5, 0.6) is 5.75 Å². The van der Waals surface area contributed by atoms with E-state index < -0.39 is 0 Å². The summed E-state index contributed by atoms with van der Waals surface area (Å²) in [5.41, 5.74) is 7.49. The zero-order valence-corrected chi connectivity index (χ0v) is 14.0. The van der Waals surface area contributed by atoms with Crippen LogP contribution in [0.1, 0.15) is 45.1 Å². The van der Waals surface area contributed by atoms with Crippen LogP contribution in [0.3, 0.4) is 0 Å². The first kappa shape index (κ1) is 19.7. The maximum Gasteiger partial charge on any atom is 0.224 e. The van der Waals surface area contributed by atoms with Gasteiger partial charge in [-0.2, -0.15) is 0 Å². The van der Waals surface area contributed by atoms with Crippen LogP contribution in [0.2, 0.25) is 0 Å². The van der Waals surface area contributed by atoms with Gasteiger partial charge in [-0.1, -0.05) is 13.3 Å².